The van der Waals surface area contributed by atoms with Crippen LogP contribution in [0, 0.1) is 0 Å². The van der Waals surface area contributed by atoms with Gasteiger partial charge in [0.15, 0.2) is 0 Å². The van der Waals surface area contributed by atoms with Gasteiger partial charge in [-0.15, -0.1) is 0 Å². The molecule has 34 heavy (non-hydrogen) atoms. The van der Waals surface area contributed by atoms with E-state index in [1.807, 2.05) is 31.2 Å². The quantitative estimate of drug-likeness (QED) is 0.510. The Morgan fingerprint density at radius 2 is 1.53 bits per heavy atom. The SMILES string of the molecule is CCCC(=O)Nc1ccc(C(=O)Nc2ccc(S(=O)(=O)N3CCCc4ccccc43)cc2)cc1. The number of carbonyl (C=O) groups is 2. The Hall–Kier alpha value is -3.65. The van der Waals surface area contributed by atoms with Crippen LogP contribution in [0.1, 0.15) is 42.1 Å². The van der Waals surface area contributed by atoms with Crippen LogP contribution in [0.3, 0.4) is 0 Å². The van der Waals surface area contributed by atoms with Gasteiger partial charge in [-0.1, -0.05) is 25.1 Å². The van der Waals surface area contributed by atoms with Crippen LogP contribution in [0.15, 0.2) is 77.7 Å². The summed E-state index contributed by atoms with van der Waals surface area (Å²) in [5.74, 6) is -0.394. The first-order valence-corrected chi connectivity index (χ1v) is 12.7. The molecule has 0 fully saturated rings. The molecule has 0 saturated carbocycles. The Labute approximate surface area is 199 Å². The molecule has 0 radical (unpaired) electrons. The fourth-order valence-electron chi connectivity index (χ4n) is 3.94. The summed E-state index contributed by atoms with van der Waals surface area (Å²) in [5, 5.41) is 5.56. The predicted octanol–water partition coefficient (Wildman–Crippen LogP) is 4.82. The maximum atomic E-state index is 13.3. The molecule has 0 saturated heterocycles. The maximum absolute atomic E-state index is 13.3. The number of aryl methyl sites for hydroxylation is 1. The van der Waals surface area contributed by atoms with Gasteiger partial charge in [0.2, 0.25) is 5.91 Å². The van der Waals surface area contributed by atoms with Crippen molar-refractivity contribution in [3.05, 3.63) is 83.9 Å². The fourth-order valence-corrected chi connectivity index (χ4v) is 5.49. The molecule has 0 aromatic heterocycles. The molecule has 0 atom stereocenters. The van der Waals surface area contributed by atoms with E-state index >= 15 is 0 Å². The summed E-state index contributed by atoms with van der Waals surface area (Å²) < 4.78 is 28.0. The van der Waals surface area contributed by atoms with Crippen molar-refractivity contribution in [1.29, 1.82) is 0 Å². The summed E-state index contributed by atoms with van der Waals surface area (Å²) in [7, 11) is -3.71. The van der Waals surface area contributed by atoms with Gasteiger partial charge in [-0.2, -0.15) is 0 Å². The monoisotopic (exact) mass is 477 g/mol. The van der Waals surface area contributed by atoms with Gasteiger partial charge in [-0.3, -0.25) is 13.9 Å². The topological polar surface area (TPSA) is 95.6 Å². The van der Waals surface area contributed by atoms with Crippen LogP contribution in [-0.2, 0) is 21.2 Å². The first-order valence-electron chi connectivity index (χ1n) is 11.3. The summed E-state index contributed by atoms with van der Waals surface area (Å²) in [6, 6.07) is 20.3. The largest absolute Gasteiger partial charge is 0.326 e. The molecule has 176 valence electrons. The van der Waals surface area contributed by atoms with Crippen molar-refractivity contribution in [1.82, 2.24) is 0 Å². The Morgan fingerprint density at radius 3 is 2.24 bits per heavy atom. The van der Waals surface area contributed by atoms with Crippen LogP contribution in [0.5, 0.6) is 0 Å². The lowest BCUT2D eigenvalue weighted by Gasteiger charge is -2.30. The standard InChI is InChI=1S/C26H27N3O4S/c1-2-6-25(30)27-21-12-10-20(11-13-21)26(31)28-22-14-16-23(17-15-22)34(32,33)29-18-5-8-19-7-3-4-9-24(19)29/h3-4,7,9-17H,2,5-6,8,18H2,1H3,(H,27,30)(H,28,31). The average molecular weight is 478 g/mol. The third-order valence-electron chi connectivity index (χ3n) is 5.68. The third-order valence-corrected chi connectivity index (χ3v) is 7.50. The number of fused-ring (bicyclic) bond motifs is 1. The van der Waals surface area contributed by atoms with E-state index in [1.165, 1.54) is 16.4 Å². The summed E-state index contributed by atoms with van der Waals surface area (Å²) in [4.78, 5) is 24.5. The second-order valence-electron chi connectivity index (χ2n) is 8.16. The van der Waals surface area contributed by atoms with E-state index in [-0.39, 0.29) is 16.7 Å². The highest BCUT2D eigenvalue weighted by atomic mass is 32.2. The first kappa shape index (κ1) is 23.5. The molecule has 1 heterocycles. The molecular formula is C26H27N3O4S. The van der Waals surface area contributed by atoms with Crippen LogP contribution in [-0.4, -0.2) is 26.8 Å². The lowest BCUT2D eigenvalue weighted by molar-refractivity contribution is -0.116. The van der Waals surface area contributed by atoms with Crippen molar-refractivity contribution in [3.8, 4) is 0 Å². The van der Waals surface area contributed by atoms with Gasteiger partial charge in [-0.25, -0.2) is 8.42 Å². The molecular weight excluding hydrogens is 450 g/mol. The zero-order valence-corrected chi connectivity index (χ0v) is 19.8. The number of nitrogens with one attached hydrogen (secondary N) is 2. The summed E-state index contributed by atoms with van der Waals surface area (Å²) in [6.45, 7) is 2.37. The number of benzene rings is 3. The second-order valence-corrected chi connectivity index (χ2v) is 10.0. The number of hydrogen-bond donors (Lipinski definition) is 2. The molecule has 4 rings (SSSR count). The van der Waals surface area contributed by atoms with E-state index in [0.29, 0.717) is 29.9 Å². The van der Waals surface area contributed by atoms with Crippen molar-refractivity contribution in [2.24, 2.45) is 0 Å². The third kappa shape index (κ3) is 5.12. The molecule has 2 amide bonds. The van der Waals surface area contributed by atoms with Gasteiger partial charge in [0.25, 0.3) is 15.9 Å². The number of amides is 2. The number of carbonyl (C=O) groups excluding carboxylic acids is 2. The highest BCUT2D eigenvalue weighted by Gasteiger charge is 2.28. The van der Waals surface area contributed by atoms with Crippen molar-refractivity contribution in [2.75, 3.05) is 21.5 Å². The van der Waals surface area contributed by atoms with Gasteiger partial charge < -0.3 is 10.6 Å². The molecule has 1 aliphatic heterocycles. The zero-order chi connectivity index (χ0) is 24.1. The number of anilines is 3. The molecule has 8 heteroatoms. The molecule has 0 aliphatic carbocycles. The zero-order valence-electron chi connectivity index (χ0n) is 19.0. The predicted molar refractivity (Wildman–Crippen MR) is 134 cm³/mol. The summed E-state index contributed by atoms with van der Waals surface area (Å²) in [6.07, 6.45) is 2.83. The van der Waals surface area contributed by atoms with Crippen LogP contribution in [0.2, 0.25) is 0 Å². The lowest BCUT2D eigenvalue weighted by atomic mass is 10.0. The number of rotatable bonds is 7. The Bertz CT molecular complexity index is 1290. The first-order chi connectivity index (χ1) is 16.4. The minimum atomic E-state index is -3.71. The number of hydrogen-bond acceptors (Lipinski definition) is 4. The Morgan fingerprint density at radius 1 is 0.882 bits per heavy atom. The van der Waals surface area contributed by atoms with Gasteiger partial charge in [0.05, 0.1) is 10.6 Å². The molecule has 3 aromatic carbocycles. The average Bonchev–Trinajstić information content (AvgIpc) is 2.84. The van der Waals surface area contributed by atoms with Crippen LogP contribution in [0.4, 0.5) is 17.1 Å². The van der Waals surface area contributed by atoms with Crippen LogP contribution < -0.4 is 14.9 Å². The van der Waals surface area contributed by atoms with Crippen molar-refractivity contribution >= 4 is 38.9 Å². The van der Waals surface area contributed by atoms with Gasteiger partial charge >= 0.3 is 0 Å². The maximum Gasteiger partial charge on any atom is 0.264 e. The Balaban J connectivity index is 1.44. The molecule has 1 aliphatic rings. The van der Waals surface area contributed by atoms with Crippen molar-refractivity contribution in [2.45, 2.75) is 37.5 Å². The normalized spacial score (nSPS) is 13.1. The van der Waals surface area contributed by atoms with E-state index < -0.39 is 10.0 Å². The van der Waals surface area contributed by atoms with Gasteiger partial charge in [-0.05, 0) is 79.4 Å². The number of nitrogens with zero attached hydrogens (tertiary/aromatic N) is 1. The lowest BCUT2D eigenvalue weighted by Crippen LogP contribution is -2.35. The minimum absolute atomic E-state index is 0.0669. The molecule has 0 unspecified atom stereocenters. The van der Waals surface area contributed by atoms with Crippen molar-refractivity contribution < 1.29 is 18.0 Å². The number of para-hydroxylation sites is 1. The van der Waals surface area contributed by atoms with E-state index in [4.69, 9.17) is 0 Å². The highest BCUT2D eigenvalue weighted by molar-refractivity contribution is 7.92. The van der Waals surface area contributed by atoms with E-state index in [1.54, 1.807) is 36.4 Å². The number of sulfonamides is 1. The van der Waals surface area contributed by atoms with Gasteiger partial charge in [0, 0.05) is 29.9 Å². The molecule has 0 spiro atoms. The van der Waals surface area contributed by atoms with Crippen LogP contribution in [0.25, 0.3) is 0 Å². The summed E-state index contributed by atoms with van der Waals surface area (Å²) in [5.41, 5.74) is 3.29. The highest BCUT2D eigenvalue weighted by Crippen LogP contribution is 2.32. The molecule has 2 N–H and O–H groups in total. The van der Waals surface area contributed by atoms with Gasteiger partial charge in [0.1, 0.15) is 0 Å². The molecule has 7 nitrogen and oxygen atoms in total. The summed E-state index contributed by atoms with van der Waals surface area (Å²) >= 11 is 0. The van der Waals surface area contributed by atoms with Crippen molar-refractivity contribution in [3.63, 3.8) is 0 Å². The van der Waals surface area contributed by atoms with Crippen LogP contribution >= 0.6 is 0 Å². The molecule has 0 bridgehead atoms. The Kier molecular flexibility index (Phi) is 6.98. The second kappa shape index (κ2) is 10.1. The minimum Gasteiger partial charge on any atom is -0.326 e. The smallest absolute Gasteiger partial charge is 0.264 e. The van der Waals surface area contributed by atoms with E-state index in [0.717, 1.165) is 30.5 Å². The fraction of sp³-hybridized carbons (Fsp3) is 0.231. The van der Waals surface area contributed by atoms with E-state index in [2.05, 4.69) is 10.6 Å². The van der Waals surface area contributed by atoms with E-state index in [9.17, 15) is 18.0 Å². The molecule has 3 aromatic rings.